The fourth-order valence-electron chi connectivity index (χ4n) is 2.30. The van der Waals surface area contributed by atoms with Gasteiger partial charge >= 0.3 is 0 Å². The van der Waals surface area contributed by atoms with Crippen LogP contribution in [-0.2, 0) is 0 Å². The first-order valence-electron chi connectivity index (χ1n) is 7.74. The quantitative estimate of drug-likeness (QED) is 0.652. The van der Waals surface area contributed by atoms with Crippen LogP contribution in [0.2, 0.25) is 0 Å². The van der Waals surface area contributed by atoms with E-state index in [1.54, 1.807) is 0 Å². The van der Waals surface area contributed by atoms with Gasteiger partial charge in [0, 0.05) is 5.92 Å². The topological polar surface area (TPSA) is 9.23 Å². The van der Waals surface area contributed by atoms with Crippen LogP contribution in [-0.4, -0.2) is 12.4 Å². The Balaban J connectivity index is 3.01. The third kappa shape index (κ3) is 4.44. The maximum atomic E-state index is 6.26. The Bertz CT molecular complexity index is 384. The lowest BCUT2D eigenvalue weighted by Crippen LogP contribution is -2.20. The minimum absolute atomic E-state index is 0.484. The number of hydrogen-bond donors (Lipinski definition) is 1. The summed E-state index contributed by atoms with van der Waals surface area (Å²) in [5, 5.41) is 0. The van der Waals surface area contributed by atoms with Crippen LogP contribution in [0.15, 0.2) is 18.2 Å². The minimum Gasteiger partial charge on any atom is -0.493 e. The molecule has 0 heterocycles. The molecule has 0 amide bonds. The SMILES string of the molecule is CC(C)c1cccc(C(C)C)c1OCC(CS)C(C)C. The van der Waals surface area contributed by atoms with Gasteiger partial charge in [-0.2, -0.15) is 12.6 Å². The van der Waals surface area contributed by atoms with Crippen LogP contribution in [0, 0.1) is 11.8 Å². The fourth-order valence-corrected chi connectivity index (χ4v) is 2.82. The molecule has 0 fully saturated rings. The third-order valence-corrected chi connectivity index (χ3v) is 4.41. The molecule has 0 saturated heterocycles. The first-order chi connectivity index (χ1) is 9.38. The van der Waals surface area contributed by atoms with Gasteiger partial charge in [-0.25, -0.2) is 0 Å². The van der Waals surface area contributed by atoms with Gasteiger partial charge in [-0.15, -0.1) is 0 Å². The standard InChI is InChI=1S/C18H30OS/c1-12(2)15(11-20)10-19-18-16(13(3)4)8-7-9-17(18)14(5)6/h7-9,12-15,20H,10-11H2,1-6H3. The molecule has 114 valence electrons. The van der Waals surface area contributed by atoms with Gasteiger partial charge in [-0.1, -0.05) is 59.7 Å². The molecule has 0 aliphatic carbocycles. The van der Waals surface area contributed by atoms with Crippen molar-refractivity contribution in [3.05, 3.63) is 29.3 Å². The van der Waals surface area contributed by atoms with Crippen molar-refractivity contribution in [2.75, 3.05) is 12.4 Å². The van der Waals surface area contributed by atoms with E-state index in [-0.39, 0.29) is 0 Å². The van der Waals surface area contributed by atoms with Crippen molar-refractivity contribution < 1.29 is 4.74 Å². The van der Waals surface area contributed by atoms with Crippen molar-refractivity contribution in [1.29, 1.82) is 0 Å². The third-order valence-electron chi connectivity index (χ3n) is 3.94. The lowest BCUT2D eigenvalue weighted by atomic mass is 9.93. The van der Waals surface area contributed by atoms with Gasteiger partial charge < -0.3 is 4.74 Å². The van der Waals surface area contributed by atoms with Crippen LogP contribution >= 0.6 is 12.6 Å². The van der Waals surface area contributed by atoms with E-state index in [0.29, 0.717) is 23.7 Å². The lowest BCUT2D eigenvalue weighted by Gasteiger charge is -2.24. The number of hydrogen-bond acceptors (Lipinski definition) is 2. The van der Waals surface area contributed by atoms with Crippen LogP contribution in [0.25, 0.3) is 0 Å². The minimum atomic E-state index is 0.484. The summed E-state index contributed by atoms with van der Waals surface area (Å²) < 4.78 is 6.26. The number of ether oxygens (including phenoxy) is 1. The Morgan fingerprint density at radius 1 is 0.950 bits per heavy atom. The van der Waals surface area contributed by atoms with Crippen LogP contribution in [0.1, 0.15) is 64.5 Å². The molecule has 0 bridgehead atoms. The van der Waals surface area contributed by atoms with Crippen LogP contribution in [0.4, 0.5) is 0 Å². The first kappa shape index (κ1) is 17.4. The molecule has 1 unspecified atom stereocenters. The summed E-state index contributed by atoms with van der Waals surface area (Å²) in [5.41, 5.74) is 2.63. The molecule has 1 aromatic rings. The smallest absolute Gasteiger partial charge is 0.126 e. The highest BCUT2D eigenvalue weighted by atomic mass is 32.1. The zero-order valence-corrected chi connectivity index (χ0v) is 14.7. The predicted octanol–water partition coefficient (Wildman–Crippen LogP) is 5.51. The lowest BCUT2D eigenvalue weighted by molar-refractivity contribution is 0.222. The zero-order valence-electron chi connectivity index (χ0n) is 13.8. The number of para-hydroxylation sites is 1. The highest BCUT2D eigenvalue weighted by Crippen LogP contribution is 2.35. The monoisotopic (exact) mass is 294 g/mol. The van der Waals surface area contributed by atoms with Crippen molar-refractivity contribution in [3.8, 4) is 5.75 Å². The molecule has 0 aliphatic rings. The van der Waals surface area contributed by atoms with Gasteiger partial charge in [-0.3, -0.25) is 0 Å². The summed E-state index contributed by atoms with van der Waals surface area (Å²) in [5.74, 6) is 4.04. The Kier molecular flexibility index (Phi) is 6.94. The highest BCUT2D eigenvalue weighted by Gasteiger charge is 2.18. The molecule has 1 atom stereocenters. The second kappa shape index (κ2) is 7.97. The molecule has 20 heavy (non-hydrogen) atoms. The molecule has 1 rings (SSSR count). The highest BCUT2D eigenvalue weighted by molar-refractivity contribution is 7.80. The van der Waals surface area contributed by atoms with Gasteiger partial charge in [0.2, 0.25) is 0 Å². The van der Waals surface area contributed by atoms with Crippen LogP contribution in [0.5, 0.6) is 5.75 Å². The maximum Gasteiger partial charge on any atom is 0.126 e. The van der Waals surface area contributed by atoms with Crippen molar-refractivity contribution in [2.45, 2.75) is 53.4 Å². The number of thiol groups is 1. The van der Waals surface area contributed by atoms with Gasteiger partial charge in [0.25, 0.3) is 0 Å². The number of benzene rings is 1. The Morgan fingerprint density at radius 3 is 1.80 bits per heavy atom. The van der Waals surface area contributed by atoms with E-state index in [4.69, 9.17) is 4.74 Å². The molecule has 0 spiro atoms. The number of rotatable bonds is 7. The van der Waals surface area contributed by atoms with E-state index in [1.807, 2.05) is 0 Å². The molecule has 1 aromatic carbocycles. The fraction of sp³-hybridized carbons (Fsp3) is 0.667. The Morgan fingerprint density at radius 2 is 1.45 bits per heavy atom. The van der Waals surface area contributed by atoms with E-state index in [9.17, 15) is 0 Å². The van der Waals surface area contributed by atoms with Crippen molar-refractivity contribution >= 4 is 12.6 Å². The van der Waals surface area contributed by atoms with E-state index < -0.39 is 0 Å². The molecule has 2 heteroatoms. The van der Waals surface area contributed by atoms with Crippen molar-refractivity contribution in [1.82, 2.24) is 0 Å². The van der Waals surface area contributed by atoms with E-state index in [0.717, 1.165) is 18.1 Å². The van der Waals surface area contributed by atoms with Crippen molar-refractivity contribution in [3.63, 3.8) is 0 Å². The second-order valence-electron chi connectivity index (χ2n) is 6.57. The average molecular weight is 295 g/mol. The molecule has 0 radical (unpaired) electrons. The molecule has 0 N–H and O–H groups in total. The van der Waals surface area contributed by atoms with E-state index >= 15 is 0 Å². The van der Waals surface area contributed by atoms with Gasteiger partial charge in [0.1, 0.15) is 5.75 Å². The molecular formula is C18H30OS. The van der Waals surface area contributed by atoms with Crippen LogP contribution in [0.3, 0.4) is 0 Å². The molecule has 1 nitrogen and oxygen atoms in total. The van der Waals surface area contributed by atoms with Crippen LogP contribution < -0.4 is 4.74 Å². The molecular weight excluding hydrogens is 264 g/mol. The Hall–Kier alpha value is -0.630. The molecule has 0 saturated carbocycles. The van der Waals surface area contributed by atoms with E-state index in [1.165, 1.54) is 11.1 Å². The first-order valence-corrected chi connectivity index (χ1v) is 8.38. The molecule has 0 aliphatic heterocycles. The van der Waals surface area contributed by atoms with Gasteiger partial charge in [0.05, 0.1) is 6.61 Å². The van der Waals surface area contributed by atoms with E-state index in [2.05, 4.69) is 72.4 Å². The maximum absolute atomic E-state index is 6.26. The summed E-state index contributed by atoms with van der Waals surface area (Å²) in [4.78, 5) is 0. The predicted molar refractivity (Wildman–Crippen MR) is 92.3 cm³/mol. The van der Waals surface area contributed by atoms with Gasteiger partial charge in [0.15, 0.2) is 0 Å². The molecule has 0 aromatic heterocycles. The normalized spacial score (nSPS) is 13.3. The summed E-state index contributed by atoms with van der Waals surface area (Å²) in [7, 11) is 0. The zero-order chi connectivity index (χ0) is 15.3. The summed E-state index contributed by atoms with van der Waals surface area (Å²) in [6.07, 6.45) is 0. The largest absolute Gasteiger partial charge is 0.493 e. The summed E-state index contributed by atoms with van der Waals surface area (Å²) >= 11 is 4.45. The second-order valence-corrected chi connectivity index (χ2v) is 6.94. The summed E-state index contributed by atoms with van der Waals surface area (Å²) in [6, 6.07) is 6.53. The van der Waals surface area contributed by atoms with Gasteiger partial charge in [-0.05, 0) is 34.6 Å². The summed E-state index contributed by atoms with van der Waals surface area (Å²) in [6.45, 7) is 14.1. The Labute approximate surface area is 130 Å². The average Bonchev–Trinajstić information content (AvgIpc) is 2.38. The van der Waals surface area contributed by atoms with Crippen molar-refractivity contribution in [2.24, 2.45) is 11.8 Å².